The smallest absolute Gasteiger partial charge is 0.134 e. The minimum absolute atomic E-state index is 0.555. The van der Waals surface area contributed by atoms with Gasteiger partial charge in [-0.3, -0.25) is 4.90 Å². The van der Waals surface area contributed by atoms with Gasteiger partial charge >= 0.3 is 0 Å². The lowest BCUT2D eigenvalue weighted by molar-refractivity contribution is 0.269. The van der Waals surface area contributed by atoms with Crippen LogP contribution in [0.1, 0.15) is 32.3 Å². The number of likely N-dealkylation sites (tertiary alicyclic amines) is 1. The van der Waals surface area contributed by atoms with Crippen LogP contribution in [-0.4, -0.2) is 47.1 Å². The fourth-order valence-electron chi connectivity index (χ4n) is 2.53. The molecule has 1 aromatic rings. The third-order valence-electron chi connectivity index (χ3n) is 3.76. The van der Waals surface area contributed by atoms with Crippen LogP contribution in [0.5, 0.6) is 0 Å². The Bertz CT molecular complexity index is 401. The highest BCUT2D eigenvalue weighted by atomic mass is 15.2. The molecule has 1 aliphatic rings. The van der Waals surface area contributed by atoms with Crippen LogP contribution >= 0.6 is 0 Å². The lowest BCUT2D eigenvalue weighted by Gasteiger charge is -2.24. The van der Waals surface area contributed by atoms with Gasteiger partial charge in [0.2, 0.25) is 0 Å². The Morgan fingerprint density at radius 1 is 1.21 bits per heavy atom. The first-order valence-corrected chi connectivity index (χ1v) is 7.25. The molecule has 2 N–H and O–H groups in total. The maximum Gasteiger partial charge on any atom is 0.134 e. The molecule has 0 aromatic carbocycles. The Morgan fingerprint density at radius 3 is 2.47 bits per heavy atom. The van der Waals surface area contributed by atoms with Crippen LogP contribution in [0.4, 0.5) is 11.6 Å². The minimum atomic E-state index is 0.555. The Balaban J connectivity index is 1.93. The number of hydrogen-bond donors (Lipinski definition) is 2. The van der Waals surface area contributed by atoms with Crippen molar-refractivity contribution < 1.29 is 0 Å². The number of hydrogen-bond acceptors (Lipinski definition) is 5. The van der Waals surface area contributed by atoms with Gasteiger partial charge in [0.05, 0.1) is 0 Å². The molecule has 0 amide bonds. The fraction of sp³-hybridized carbons (Fsp3) is 0.714. The Hall–Kier alpha value is -1.36. The van der Waals surface area contributed by atoms with E-state index in [9.17, 15) is 0 Å². The minimum Gasteiger partial charge on any atom is -0.370 e. The van der Waals surface area contributed by atoms with Gasteiger partial charge in [-0.15, -0.1) is 0 Å². The standard InChI is InChI=1S/C14H25N5/c1-4-15-13-12(3)14(18-10-17-13)16-9-11(2)19-7-5-6-8-19/h10-11H,4-9H2,1-3H3,(H2,15,16,17,18). The van der Waals surface area contributed by atoms with Crippen molar-refractivity contribution >= 4 is 11.6 Å². The molecule has 2 rings (SSSR count). The van der Waals surface area contributed by atoms with Gasteiger partial charge in [0.25, 0.3) is 0 Å². The van der Waals surface area contributed by atoms with Crippen molar-refractivity contribution in [1.82, 2.24) is 14.9 Å². The third-order valence-corrected chi connectivity index (χ3v) is 3.76. The van der Waals surface area contributed by atoms with E-state index in [1.807, 2.05) is 0 Å². The highest BCUT2D eigenvalue weighted by Gasteiger charge is 2.18. The van der Waals surface area contributed by atoms with Crippen molar-refractivity contribution in [1.29, 1.82) is 0 Å². The number of nitrogens with zero attached hydrogens (tertiary/aromatic N) is 3. The third kappa shape index (κ3) is 3.56. The summed E-state index contributed by atoms with van der Waals surface area (Å²) in [6.45, 7) is 10.7. The second kappa shape index (κ2) is 6.70. The van der Waals surface area contributed by atoms with Crippen LogP contribution in [0, 0.1) is 6.92 Å². The van der Waals surface area contributed by atoms with E-state index in [1.54, 1.807) is 6.33 Å². The first-order chi connectivity index (χ1) is 9.22. The van der Waals surface area contributed by atoms with Crippen LogP contribution in [-0.2, 0) is 0 Å². The van der Waals surface area contributed by atoms with Gasteiger partial charge in [-0.2, -0.15) is 0 Å². The summed E-state index contributed by atoms with van der Waals surface area (Å²) in [4.78, 5) is 11.1. The number of rotatable bonds is 6. The van der Waals surface area contributed by atoms with Crippen molar-refractivity contribution in [2.75, 3.05) is 36.8 Å². The largest absolute Gasteiger partial charge is 0.370 e. The number of nitrogens with one attached hydrogen (secondary N) is 2. The molecule has 0 spiro atoms. The molecule has 0 aliphatic carbocycles. The number of anilines is 2. The van der Waals surface area contributed by atoms with Crippen molar-refractivity contribution in [2.24, 2.45) is 0 Å². The first-order valence-electron chi connectivity index (χ1n) is 7.25. The highest BCUT2D eigenvalue weighted by Crippen LogP contribution is 2.18. The second-order valence-electron chi connectivity index (χ2n) is 5.20. The highest BCUT2D eigenvalue weighted by molar-refractivity contribution is 5.56. The van der Waals surface area contributed by atoms with Crippen LogP contribution in [0.3, 0.4) is 0 Å². The molecule has 0 bridgehead atoms. The lowest BCUT2D eigenvalue weighted by atomic mass is 10.2. The zero-order chi connectivity index (χ0) is 13.7. The molecule has 0 radical (unpaired) electrons. The van der Waals surface area contributed by atoms with Crippen LogP contribution in [0.15, 0.2) is 6.33 Å². The number of aromatic nitrogens is 2. The van der Waals surface area contributed by atoms with Crippen molar-refractivity contribution in [2.45, 2.75) is 39.7 Å². The quantitative estimate of drug-likeness (QED) is 0.823. The Kier molecular flexibility index (Phi) is 4.96. The van der Waals surface area contributed by atoms with E-state index < -0.39 is 0 Å². The van der Waals surface area contributed by atoms with Gasteiger partial charge in [0.15, 0.2) is 0 Å². The molecule has 1 unspecified atom stereocenters. The summed E-state index contributed by atoms with van der Waals surface area (Å²) in [5.41, 5.74) is 1.10. The molecule has 1 saturated heterocycles. The summed E-state index contributed by atoms with van der Waals surface area (Å²) in [6, 6.07) is 0.555. The summed E-state index contributed by atoms with van der Waals surface area (Å²) in [7, 11) is 0. The molecule has 0 saturated carbocycles. The molecule has 19 heavy (non-hydrogen) atoms. The zero-order valence-corrected chi connectivity index (χ0v) is 12.2. The first kappa shape index (κ1) is 14.1. The molecule has 106 valence electrons. The summed E-state index contributed by atoms with van der Waals surface area (Å²) >= 11 is 0. The maximum atomic E-state index is 4.34. The molecule has 2 heterocycles. The monoisotopic (exact) mass is 263 g/mol. The predicted octanol–water partition coefficient (Wildman–Crippen LogP) is 2.11. The van der Waals surface area contributed by atoms with Gasteiger partial charge in [-0.05, 0) is 46.7 Å². The summed E-state index contributed by atoms with van der Waals surface area (Å²) in [5, 5.41) is 6.71. The molecule has 5 nitrogen and oxygen atoms in total. The predicted molar refractivity (Wildman–Crippen MR) is 79.7 cm³/mol. The SMILES string of the molecule is CCNc1ncnc(NCC(C)N2CCCC2)c1C. The summed E-state index contributed by atoms with van der Waals surface area (Å²) < 4.78 is 0. The average Bonchev–Trinajstić information content (AvgIpc) is 2.94. The van der Waals surface area contributed by atoms with Gasteiger partial charge in [-0.25, -0.2) is 9.97 Å². The topological polar surface area (TPSA) is 53.1 Å². The maximum absolute atomic E-state index is 4.34. The summed E-state index contributed by atoms with van der Waals surface area (Å²) in [5.74, 6) is 1.87. The summed E-state index contributed by atoms with van der Waals surface area (Å²) in [6.07, 6.45) is 4.29. The van der Waals surface area contributed by atoms with Gasteiger partial charge in [0, 0.05) is 24.7 Å². The van der Waals surface area contributed by atoms with E-state index in [-0.39, 0.29) is 0 Å². The molecule has 1 atom stereocenters. The van der Waals surface area contributed by atoms with Gasteiger partial charge in [-0.1, -0.05) is 0 Å². The van der Waals surface area contributed by atoms with E-state index in [1.165, 1.54) is 25.9 Å². The zero-order valence-electron chi connectivity index (χ0n) is 12.2. The van der Waals surface area contributed by atoms with E-state index >= 15 is 0 Å². The molecular formula is C14H25N5. The van der Waals surface area contributed by atoms with Crippen molar-refractivity contribution in [3.8, 4) is 0 Å². The molecule has 1 aliphatic heterocycles. The molecule has 5 heteroatoms. The van der Waals surface area contributed by atoms with Crippen molar-refractivity contribution in [3.63, 3.8) is 0 Å². The second-order valence-corrected chi connectivity index (χ2v) is 5.20. The van der Waals surface area contributed by atoms with Crippen LogP contribution in [0.25, 0.3) is 0 Å². The van der Waals surface area contributed by atoms with Gasteiger partial charge in [0.1, 0.15) is 18.0 Å². The lowest BCUT2D eigenvalue weighted by Crippen LogP contribution is -2.35. The fourth-order valence-corrected chi connectivity index (χ4v) is 2.53. The van der Waals surface area contributed by atoms with E-state index in [0.29, 0.717) is 6.04 Å². The van der Waals surface area contributed by atoms with E-state index in [4.69, 9.17) is 0 Å². The molecular weight excluding hydrogens is 238 g/mol. The van der Waals surface area contributed by atoms with Crippen LogP contribution in [0.2, 0.25) is 0 Å². The van der Waals surface area contributed by atoms with E-state index in [2.05, 4.69) is 46.3 Å². The Morgan fingerprint density at radius 2 is 1.84 bits per heavy atom. The molecule has 1 aromatic heterocycles. The Labute approximate surface area is 115 Å². The van der Waals surface area contributed by atoms with Crippen molar-refractivity contribution in [3.05, 3.63) is 11.9 Å². The van der Waals surface area contributed by atoms with Gasteiger partial charge < -0.3 is 10.6 Å². The van der Waals surface area contributed by atoms with Crippen LogP contribution < -0.4 is 10.6 Å². The van der Waals surface area contributed by atoms with E-state index in [0.717, 1.165) is 30.3 Å². The normalized spacial score (nSPS) is 17.4. The molecule has 1 fully saturated rings. The average molecular weight is 263 g/mol.